The highest BCUT2D eigenvalue weighted by molar-refractivity contribution is 7.26. The van der Waals surface area contributed by atoms with Crippen LogP contribution in [-0.2, 0) is 0 Å². The highest BCUT2D eigenvalue weighted by Crippen LogP contribution is 2.43. The maximum absolute atomic E-state index is 10.6. The average molecular weight is 606 g/mol. The number of rotatable bonds is 4. The van der Waals surface area contributed by atoms with Crippen LogP contribution in [0.2, 0.25) is 0 Å². The minimum Gasteiger partial charge on any atom is -0.307 e. The van der Waals surface area contributed by atoms with Crippen LogP contribution in [0.4, 0.5) is 0 Å². The van der Waals surface area contributed by atoms with Gasteiger partial charge in [-0.05, 0) is 36.4 Å². The van der Waals surface area contributed by atoms with E-state index in [2.05, 4.69) is 71.3 Å². The smallest absolute Gasteiger partial charge is 0.164 e. The van der Waals surface area contributed by atoms with Gasteiger partial charge in [-0.2, -0.15) is 5.26 Å². The van der Waals surface area contributed by atoms with Crippen LogP contribution >= 0.6 is 11.3 Å². The first-order chi connectivity index (χ1) is 22.8. The Hall–Kier alpha value is -6.16. The van der Waals surface area contributed by atoms with Crippen molar-refractivity contribution in [3.63, 3.8) is 0 Å². The fourth-order valence-corrected chi connectivity index (χ4v) is 7.52. The molecule has 0 radical (unpaired) electrons. The lowest BCUT2D eigenvalue weighted by Gasteiger charge is -2.13. The molecule has 3 aromatic heterocycles. The maximum Gasteiger partial charge on any atom is 0.164 e. The average Bonchev–Trinajstić information content (AvgIpc) is 3.67. The van der Waals surface area contributed by atoms with E-state index in [0.29, 0.717) is 23.0 Å². The minimum atomic E-state index is 0.518. The van der Waals surface area contributed by atoms with Crippen molar-refractivity contribution >= 4 is 53.3 Å². The van der Waals surface area contributed by atoms with Crippen molar-refractivity contribution in [2.24, 2.45) is 0 Å². The number of nitriles is 1. The summed E-state index contributed by atoms with van der Waals surface area (Å²) in [6.45, 7) is 0. The molecule has 0 aliphatic rings. The van der Waals surface area contributed by atoms with E-state index in [1.165, 1.54) is 20.2 Å². The monoisotopic (exact) mass is 605 g/mol. The SMILES string of the molecule is N#Cc1cc(-c2nc(-c3ccccc3)nc(-c3ccccc3)n2)ccc1-n1c2ccccc2c2ccc3sc4ccccc4c3c21. The van der Waals surface area contributed by atoms with Gasteiger partial charge in [-0.25, -0.2) is 15.0 Å². The lowest BCUT2D eigenvalue weighted by Crippen LogP contribution is -2.02. The number of para-hydroxylation sites is 1. The Kier molecular flexibility index (Phi) is 5.98. The van der Waals surface area contributed by atoms with Crippen molar-refractivity contribution in [3.8, 4) is 45.9 Å². The molecule has 214 valence electrons. The summed E-state index contributed by atoms with van der Waals surface area (Å²) in [4.78, 5) is 14.6. The van der Waals surface area contributed by atoms with Crippen LogP contribution in [0.1, 0.15) is 5.56 Å². The topological polar surface area (TPSA) is 67.4 Å². The summed E-state index contributed by atoms with van der Waals surface area (Å²) in [5, 5.41) is 15.4. The van der Waals surface area contributed by atoms with E-state index in [1.54, 1.807) is 11.3 Å². The number of nitrogens with zero attached hydrogens (tertiary/aromatic N) is 5. The van der Waals surface area contributed by atoms with Crippen molar-refractivity contribution in [2.75, 3.05) is 0 Å². The molecule has 0 spiro atoms. The second-order valence-corrected chi connectivity index (χ2v) is 12.3. The fourth-order valence-electron chi connectivity index (χ4n) is 6.41. The highest BCUT2D eigenvalue weighted by atomic mass is 32.1. The molecule has 0 atom stereocenters. The Morgan fingerprint density at radius 2 is 1.13 bits per heavy atom. The van der Waals surface area contributed by atoms with Crippen molar-refractivity contribution in [2.45, 2.75) is 0 Å². The molecule has 0 amide bonds. The Morgan fingerprint density at radius 1 is 0.522 bits per heavy atom. The van der Waals surface area contributed by atoms with Crippen LogP contribution in [0.15, 0.2) is 140 Å². The van der Waals surface area contributed by atoms with Crippen molar-refractivity contribution < 1.29 is 0 Å². The van der Waals surface area contributed by atoms with Crippen LogP contribution in [0.25, 0.3) is 81.8 Å². The molecule has 0 saturated heterocycles. The Labute approximate surface area is 268 Å². The van der Waals surface area contributed by atoms with Gasteiger partial charge in [0, 0.05) is 47.6 Å². The Bertz CT molecular complexity index is 2590. The molecule has 0 fully saturated rings. The van der Waals surface area contributed by atoms with E-state index in [4.69, 9.17) is 15.0 Å². The molecule has 0 N–H and O–H groups in total. The number of benzene rings is 6. The predicted octanol–water partition coefficient (Wildman–Crippen LogP) is 10.2. The summed E-state index contributed by atoms with van der Waals surface area (Å²) in [5.74, 6) is 1.69. The molecule has 0 bridgehead atoms. The van der Waals surface area contributed by atoms with Gasteiger partial charge in [0.15, 0.2) is 17.5 Å². The second kappa shape index (κ2) is 10.5. The zero-order valence-corrected chi connectivity index (χ0v) is 25.2. The third-order valence-electron chi connectivity index (χ3n) is 8.49. The third kappa shape index (κ3) is 4.11. The molecular formula is C40H23N5S. The molecule has 6 aromatic carbocycles. The number of thiophene rings is 1. The van der Waals surface area contributed by atoms with Crippen molar-refractivity contribution in [1.29, 1.82) is 5.26 Å². The third-order valence-corrected chi connectivity index (χ3v) is 9.63. The zero-order valence-electron chi connectivity index (χ0n) is 24.4. The van der Waals surface area contributed by atoms with Crippen LogP contribution in [0, 0.1) is 11.3 Å². The number of hydrogen-bond acceptors (Lipinski definition) is 5. The standard InChI is InChI=1S/C40H23N5S/c41-24-28-23-27(40-43-38(25-11-3-1-4-12-25)42-39(44-40)26-13-5-2-6-14-26)19-21-32(28)45-33-17-9-7-15-29(33)30-20-22-35-36(37(30)45)31-16-8-10-18-34(31)46-35/h1-23H. The quantitative estimate of drug-likeness (QED) is 0.200. The molecule has 3 heterocycles. The van der Waals surface area contributed by atoms with Gasteiger partial charge >= 0.3 is 0 Å². The van der Waals surface area contributed by atoms with Crippen LogP contribution < -0.4 is 0 Å². The first-order valence-electron chi connectivity index (χ1n) is 15.0. The van der Waals surface area contributed by atoms with E-state index in [1.807, 2.05) is 78.9 Å². The van der Waals surface area contributed by atoms with Gasteiger partial charge in [0.1, 0.15) is 6.07 Å². The van der Waals surface area contributed by atoms with Crippen LogP contribution in [0.5, 0.6) is 0 Å². The van der Waals surface area contributed by atoms with E-state index in [-0.39, 0.29) is 0 Å². The Morgan fingerprint density at radius 3 is 1.83 bits per heavy atom. The zero-order chi connectivity index (χ0) is 30.6. The summed E-state index contributed by atoms with van der Waals surface area (Å²) < 4.78 is 4.73. The Balaban J connectivity index is 1.30. The molecule has 9 aromatic rings. The lowest BCUT2D eigenvalue weighted by molar-refractivity contribution is 1.07. The second-order valence-electron chi connectivity index (χ2n) is 11.2. The summed E-state index contributed by atoms with van der Waals surface area (Å²) >= 11 is 1.80. The maximum atomic E-state index is 10.6. The molecule has 0 aliphatic carbocycles. The van der Waals surface area contributed by atoms with Crippen molar-refractivity contribution in [3.05, 3.63) is 145 Å². The molecule has 9 rings (SSSR count). The normalized spacial score (nSPS) is 11.5. The van der Waals surface area contributed by atoms with Crippen LogP contribution in [-0.4, -0.2) is 19.5 Å². The molecule has 0 unspecified atom stereocenters. The van der Waals surface area contributed by atoms with Crippen molar-refractivity contribution in [1.82, 2.24) is 19.5 Å². The summed E-state index contributed by atoms with van der Waals surface area (Å²) in [5.41, 5.74) is 6.08. The molecule has 0 aliphatic heterocycles. The largest absolute Gasteiger partial charge is 0.307 e. The molecule has 5 nitrogen and oxygen atoms in total. The summed E-state index contributed by atoms with van der Waals surface area (Å²) in [7, 11) is 0. The van der Waals surface area contributed by atoms with E-state index in [9.17, 15) is 5.26 Å². The summed E-state index contributed by atoms with van der Waals surface area (Å²) in [6, 6.07) is 49.7. The van der Waals surface area contributed by atoms with Gasteiger partial charge in [-0.3, -0.25) is 0 Å². The van der Waals surface area contributed by atoms with E-state index >= 15 is 0 Å². The summed E-state index contributed by atoms with van der Waals surface area (Å²) in [6.07, 6.45) is 0. The predicted molar refractivity (Wildman–Crippen MR) is 188 cm³/mol. The minimum absolute atomic E-state index is 0.518. The van der Waals surface area contributed by atoms with E-state index in [0.717, 1.165) is 44.2 Å². The van der Waals surface area contributed by atoms with Gasteiger partial charge in [0.25, 0.3) is 0 Å². The molecular weight excluding hydrogens is 583 g/mol. The van der Waals surface area contributed by atoms with Gasteiger partial charge in [-0.1, -0.05) is 103 Å². The van der Waals surface area contributed by atoms with Gasteiger partial charge in [0.2, 0.25) is 0 Å². The lowest BCUT2D eigenvalue weighted by atomic mass is 10.1. The molecule has 6 heteroatoms. The van der Waals surface area contributed by atoms with E-state index < -0.39 is 0 Å². The molecule has 46 heavy (non-hydrogen) atoms. The van der Waals surface area contributed by atoms with Crippen LogP contribution in [0.3, 0.4) is 0 Å². The van der Waals surface area contributed by atoms with Gasteiger partial charge < -0.3 is 4.57 Å². The number of fused-ring (bicyclic) bond motifs is 7. The first kappa shape index (κ1) is 26.3. The molecule has 0 saturated carbocycles. The first-order valence-corrected chi connectivity index (χ1v) is 15.8. The highest BCUT2D eigenvalue weighted by Gasteiger charge is 2.20. The van der Waals surface area contributed by atoms with Gasteiger partial charge in [-0.15, -0.1) is 11.3 Å². The number of aromatic nitrogens is 4. The van der Waals surface area contributed by atoms with Gasteiger partial charge in [0.05, 0.1) is 22.3 Å². The number of hydrogen-bond donors (Lipinski definition) is 0. The fraction of sp³-hybridized carbons (Fsp3) is 0.